The predicted molar refractivity (Wildman–Crippen MR) is 76.2 cm³/mol. The summed E-state index contributed by atoms with van der Waals surface area (Å²) in [5.41, 5.74) is 0. The second kappa shape index (κ2) is 7.71. The molecular weight excluding hydrogens is 262 g/mol. The van der Waals surface area contributed by atoms with E-state index in [9.17, 15) is 0 Å². The first-order valence-corrected chi connectivity index (χ1v) is 8.05. The van der Waals surface area contributed by atoms with Gasteiger partial charge >= 0.3 is 0 Å². The number of hydrogen-bond acceptors (Lipinski definition) is 1. The Morgan fingerprint density at radius 2 is 1.69 bits per heavy atom. The molecule has 1 atom stereocenters. The van der Waals surface area contributed by atoms with Gasteiger partial charge in [-0.2, -0.15) is 0 Å². The highest BCUT2D eigenvalue weighted by Gasteiger charge is 2.28. The van der Waals surface area contributed by atoms with Crippen LogP contribution in [-0.4, -0.2) is 29.4 Å². The summed E-state index contributed by atoms with van der Waals surface area (Å²) in [5, 5.41) is 1.16. The van der Waals surface area contributed by atoms with Crippen molar-refractivity contribution in [1.29, 1.82) is 0 Å². The predicted octanol–water partition coefficient (Wildman–Crippen LogP) is 4.31. The van der Waals surface area contributed by atoms with Crippen LogP contribution in [0.15, 0.2) is 0 Å². The van der Waals surface area contributed by atoms with E-state index in [1.165, 1.54) is 45.2 Å². The normalized spacial score (nSPS) is 18.4. The van der Waals surface area contributed by atoms with Gasteiger partial charge in [-0.05, 0) is 57.0 Å². The van der Waals surface area contributed by atoms with Gasteiger partial charge in [0.05, 0.1) is 0 Å². The molecule has 16 heavy (non-hydrogen) atoms. The summed E-state index contributed by atoms with van der Waals surface area (Å²) in [6.07, 6.45) is 6.96. The summed E-state index contributed by atoms with van der Waals surface area (Å²) < 4.78 is 0. The lowest BCUT2D eigenvalue weighted by Gasteiger charge is -2.24. The van der Waals surface area contributed by atoms with Gasteiger partial charge in [-0.25, -0.2) is 0 Å². The summed E-state index contributed by atoms with van der Waals surface area (Å²) in [5.74, 6) is 1.72. The Kier molecular flexibility index (Phi) is 6.98. The number of nitrogens with zero attached hydrogens (tertiary/aromatic N) is 1. The van der Waals surface area contributed by atoms with Gasteiger partial charge in [0.25, 0.3) is 0 Å². The molecule has 1 aliphatic carbocycles. The van der Waals surface area contributed by atoms with E-state index in [1.807, 2.05) is 0 Å². The molecule has 0 heterocycles. The van der Waals surface area contributed by atoms with E-state index >= 15 is 0 Å². The van der Waals surface area contributed by atoms with Crippen LogP contribution in [0.25, 0.3) is 0 Å². The molecule has 1 rings (SSSR count). The third-order valence-electron chi connectivity index (χ3n) is 3.57. The molecule has 0 aliphatic heterocycles. The van der Waals surface area contributed by atoms with Crippen molar-refractivity contribution in [2.24, 2.45) is 11.8 Å². The van der Waals surface area contributed by atoms with Crippen molar-refractivity contribution in [3.63, 3.8) is 0 Å². The Labute approximate surface area is 110 Å². The van der Waals surface area contributed by atoms with E-state index in [0.29, 0.717) is 0 Å². The first-order valence-electron chi connectivity index (χ1n) is 6.93. The molecule has 2 heteroatoms. The van der Waals surface area contributed by atoms with Crippen molar-refractivity contribution in [2.75, 3.05) is 18.4 Å². The van der Waals surface area contributed by atoms with Crippen LogP contribution in [0.3, 0.4) is 0 Å². The second-order valence-corrected chi connectivity index (χ2v) is 6.61. The highest BCUT2D eigenvalue weighted by atomic mass is 79.9. The van der Waals surface area contributed by atoms with Gasteiger partial charge in [-0.1, -0.05) is 36.7 Å². The standard InChI is InChI=1S/C14H28BrN/c1-12(2)7-10-16(14-4-5-14)11-8-13(3)6-9-15/h12-14H,4-11H2,1-3H3. The van der Waals surface area contributed by atoms with Gasteiger partial charge in [0.1, 0.15) is 0 Å². The summed E-state index contributed by atoms with van der Waals surface area (Å²) in [4.78, 5) is 2.74. The second-order valence-electron chi connectivity index (χ2n) is 5.82. The van der Waals surface area contributed by atoms with Gasteiger partial charge in [0, 0.05) is 11.4 Å². The first kappa shape index (κ1) is 14.5. The van der Waals surface area contributed by atoms with E-state index in [2.05, 4.69) is 41.6 Å². The van der Waals surface area contributed by atoms with Crippen LogP contribution in [0.2, 0.25) is 0 Å². The van der Waals surface area contributed by atoms with Crippen LogP contribution >= 0.6 is 15.9 Å². The van der Waals surface area contributed by atoms with Crippen molar-refractivity contribution >= 4 is 15.9 Å². The zero-order valence-electron chi connectivity index (χ0n) is 11.2. The summed E-state index contributed by atoms with van der Waals surface area (Å²) in [6, 6.07) is 0.940. The number of rotatable bonds is 9. The molecule has 0 radical (unpaired) electrons. The van der Waals surface area contributed by atoms with Crippen molar-refractivity contribution in [2.45, 2.75) is 58.9 Å². The van der Waals surface area contributed by atoms with Crippen molar-refractivity contribution in [1.82, 2.24) is 4.90 Å². The lowest BCUT2D eigenvalue weighted by atomic mass is 10.0. The topological polar surface area (TPSA) is 3.24 Å². The van der Waals surface area contributed by atoms with E-state index in [-0.39, 0.29) is 0 Å². The molecule has 96 valence electrons. The Hall–Kier alpha value is 0.440. The molecule has 0 spiro atoms. The molecule has 0 aromatic carbocycles. The molecule has 0 amide bonds. The molecule has 1 fully saturated rings. The molecule has 1 saturated carbocycles. The zero-order chi connectivity index (χ0) is 12.0. The van der Waals surface area contributed by atoms with Crippen molar-refractivity contribution in [3.05, 3.63) is 0 Å². The maximum Gasteiger partial charge on any atom is 0.00964 e. The smallest absolute Gasteiger partial charge is 0.00964 e. The average Bonchev–Trinajstić information content (AvgIpc) is 3.01. The van der Waals surface area contributed by atoms with Gasteiger partial charge in [0.2, 0.25) is 0 Å². The van der Waals surface area contributed by atoms with Crippen molar-refractivity contribution < 1.29 is 0 Å². The van der Waals surface area contributed by atoms with Gasteiger partial charge in [-0.3, -0.25) is 0 Å². The quantitative estimate of drug-likeness (QED) is 0.572. The van der Waals surface area contributed by atoms with Crippen molar-refractivity contribution in [3.8, 4) is 0 Å². The van der Waals surface area contributed by atoms with E-state index in [1.54, 1.807) is 0 Å². The molecule has 1 aliphatic rings. The maximum absolute atomic E-state index is 3.53. The molecule has 1 nitrogen and oxygen atoms in total. The van der Waals surface area contributed by atoms with Crippen LogP contribution in [0.5, 0.6) is 0 Å². The number of halogens is 1. The van der Waals surface area contributed by atoms with Gasteiger partial charge in [-0.15, -0.1) is 0 Å². The van der Waals surface area contributed by atoms with Crippen LogP contribution in [-0.2, 0) is 0 Å². The fraction of sp³-hybridized carbons (Fsp3) is 1.00. The fourth-order valence-corrected chi connectivity index (χ4v) is 2.84. The van der Waals surface area contributed by atoms with Gasteiger partial charge in [0.15, 0.2) is 0 Å². The Morgan fingerprint density at radius 3 is 2.19 bits per heavy atom. The highest BCUT2D eigenvalue weighted by molar-refractivity contribution is 9.09. The fourth-order valence-electron chi connectivity index (χ4n) is 2.06. The Balaban J connectivity index is 2.17. The molecule has 0 N–H and O–H groups in total. The van der Waals surface area contributed by atoms with E-state index in [0.717, 1.165) is 23.2 Å². The van der Waals surface area contributed by atoms with Crippen LogP contribution in [0.1, 0.15) is 52.9 Å². The van der Waals surface area contributed by atoms with E-state index in [4.69, 9.17) is 0 Å². The lowest BCUT2D eigenvalue weighted by molar-refractivity contribution is 0.231. The summed E-state index contributed by atoms with van der Waals surface area (Å²) in [6.45, 7) is 9.70. The SMILES string of the molecule is CC(C)CCN(CCC(C)CCBr)C1CC1. The monoisotopic (exact) mass is 289 g/mol. The highest BCUT2D eigenvalue weighted by Crippen LogP contribution is 2.28. The van der Waals surface area contributed by atoms with Crippen LogP contribution in [0.4, 0.5) is 0 Å². The molecule has 0 aromatic rings. The Morgan fingerprint density at radius 1 is 1.06 bits per heavy atom. The summed E-state index contributed by atoms with van der Waals surface area (Å²) >= 11 is 3.53. The largest absolute Gasteiger partial charge is 0.300 e. The van der Waals surface area contributed by atoms with Crippen LogP contribution in [0, 0.1) is 11.8 Å². The molecule has 1 unspecified atom stereocenters. The van der Waals surface area contributed by atoms with Gasteiger partial charge < -0.3 is 4.90 Å². The molecule has 0 saturated heterocycles. The molecule has 0 bridgehead atoms. The first-order chi connectivity index (χ1) is 7.63. The minimum Gasteiger partial charge on any atom is -0.300 e. The maximum atomic E-state index is 3.53. The minimum absolute atomic E-state index is 0.848. The molecular formula is C14H28BrN. The average molecular weight is 290 g/mol. The third-order valence-corrected chi connectivity index (χ3v) is 4.03. The lowest BCUT2D eigenvalue weighted by Crippen LogP contribution is -2.30. The third kappa shape index (κ3) is 6.24. The van der Waals surface area contributed by atoms with Crippen LogP contribution < -0.4 is 0 Å². The summed E-state index contributed by atoms with van der Waals surface area (Å²) in [7, 11) is 0. The number of hydrogen-bond donors (Lipinski definition) is 0. The van der Waals surface area contributed by atoms with E-state index < -0.39 is 0 Å². The molecule has 0 aromatic heterocycles. The Bertz CT molecular complexity index is 178. The zero-order valence-corrected chi connectivity index (χ0v) is 12.8. The number of alkyl halides is 1. The minimum atomic E-state index is 0.848.